The predicted molar refractivity (Wildman–Crippen MR) is 78.6 cm³/mol. The van der Waals surface area contributed by atoms with Gasteiger partial charge in [-0.05, 0) is 12.1 Å². The molecule has 2 N–H and O–H groups in total. The van der Waals surface area contributed by atoms with Crippen molar-refractivity contribution in [3.8, 4) is 0 Å². The highest BCUT2D eigenvalue weighted by molar-refractivity contribution is 6.31. The van der Waals surface area contributed by atoms with E-state index in [4.69, 9.17) is 11.6 Å². The van der Waals surface area contributed by atoms with Gasteiger partial charge in [0.25, 0.3) is 5.91 Å². The molecule has 0 aromatic heterocycles. The Bertz CT molecular complexity index is 505. The molecule has 0 heterocycles. The molecule has 1 rings (SSSR count). The Morgan fingerprint density at radius 1 is 1.43 bits per heavy atom. The molecule has 1 aromatic carbocycles. The number of nitrogens with one attached hydrogen (secondary N) is 2. The normalized spacial score (nSPS) is 11.9. The van der Waals surface area contributed by atoms with E-state index in [0.717, 1.165) is 4.90 Å². The minimum Gasteiger partial charge on any atom is -0.358 e. The summed E-state index contributed by atoms with van der Waals surface area (Å²) >= 11 is 5.96. The molecule has 0 saturated heterocycles. The molecule has 0 radical (unpaired) electrons. The fourth-order valence-electron chi connectivity index (χ4n) is 1.84. The van der Waals surface area contributed by atoms with Crippen molar-refractivity contribution in [2.45, 2.75) is 6.54 Å². The van der Waals surface area contributed by atoms with Gasteiger partial charge < -0.3 is 15.1 Å². The largest absolute Gasteiger partial charge is 0.358 e. The van der Waals surface area contributed by atoms with E-state index >= 15 is 0 Å². The van der Waals surface area contributed by atoms with Gasteiger partial charge in [-0.1, -0.05) is 17.7 Å². The molecule has 0 bridgehead atoms. The zero-order valence-corrected chi connectivity index (χ0v) is 13.1. The molecule has 116 valence electrons. The summed E-state index contributed by atoms with van der Waals surface area (Å²) < 4.78 is 13.7. The van der Waals surface area contributed by atoms with Crippen LogP contribution in [0.25, 0.3) is 0 Å². The van der Waals surface area contributed by atoms with Crippen molar-refractivity contribution in [1.82, 2.24) is 10.2 Å². The Balaban J connectivity index is 2.59. The molecule has 1 aromatic rings. The number of hydrogen-bond donors (Lipinski definition) is 2. The maximum absolute atomic E-state index is 13.7. The highest BCUT2D eigenvalue weighted by Crippen LogP contribution is 2.17. The highest BCUT2D eigenvalue weighted by Gasteiger charge is 2.19. The average Bonchev–Trinajstić information content (AvgIpc) is 2.42. The lowest BCUT2D eigenvalue weighted by molar-refractivity contribution is -0.885. The number of nitrogens with zero attached hydrogens (tertiary/aromatic N) is 1. The van der Waals surface area contributed by atoms with Gasteiger partial charge in [-0.15, -0.1) is 0 Å². The van der Waals surface area contributed by atoms with E-state index in [-0.39, 0.29) is 30.7 Å². The zero-order valence-electron chi connectivity index (χ0n) is 12.4. The topological polar surface area (TPSA) is 53.9 Å². The molecule has 5 nitrogen and oxygen atoms in total. The minimum absolute atomic E-state index is 0.00304. The van der Waals surface area contributed by atoms with Crippen LogP contribution in [0.2, 0.25) is 5.02 Å². The maximum atomic E-state index is 13.7. The van der Waals surface area contributed by atoms with Crippen LogP contribution in [-0.2, 0) is 16.1 Å². The molecule has 7 heteroatoms. The Morgan fingerprint density at radius 2 is 2.10 bits per heavy atom. The fourth-order valence-corrected chi connectivity index (χ4v) is 2.07. The second kappa shape index (κ2) is 7.95. The van der Waals surface area contributed by atoms with Gasteiger partial charge in [0, 0.05) is 14.1 Å². The second-order valence-electron chi connectivity index (χ2n) is 4.93. The van der Waals surface area contributed by atoms with Crippen molar-refractivity contribution in [1.29, 1.82) is 0 Å². The molecule has 0 aliphatic carbocycles. The molecular weight excluding hydrogens is 297 g/mol. The molecule has 1 unspecified atom stereocenters. The Hall–Kier alpha value is -1.66. The Morgan fingerprint density at radius 3 is 2.67 bits per heavy atom. The van der Waals surface area contributed by atoms with Crippen LogP contribution in [0.3, 0.4) is 0 Å². The second-order valence-corrected chi connectivity index (χ2v) is 5.34. The van der Waals surface area contributed by atoms with E-state index in [1.165, 1.54) is 18.0 Å². The van der Waals surface area contributed by atoms with Gasteiger partial charge in [-0.25, -0.2) is 4.39 Å². The third-order valence-electron chi connectivity index (χ3n) is 3.08. The third-order valence-corrected chi connectivity index (χ3v) is 3.43. The molecule has 21 heavy (non-hydrogen) atoms. The molecule has 0 spiro atoms. The number of amides is 2. The first-order valence-electron chi connectivity index (χ1n) is 6.54. The third kappa shape index (κ3) is 5.32. The van der Waals surface area contributed by atoms with Gasteiger partial charge in [0.05, 0.1) is 24.2 Å². The SMILES string of the molecule is CNC(=O)CN(C)C(=O)C[NH+](C)Cc1c(F)cccc1Cl. The van der Waals surface area contributed by atoms with Crippen LogP contribution in [0.5, 0.6) is 0 Å². The lowest BCUT2D eigenvalue weighted by atomic mass is 10.2. The molecule has 0 aliphatic rings. The number of rotatable bonds is 6. The number of quaternary nitrogens is 1. The number of benzene rings is 1. The number of carbonyl (C=O) groups excluding carboxylic acids is 2. The van der Waals surface area contributed by atoms with Gasteiger partial charge in [0.1, 0.15) is 12.4 Å². The van der Waals surface area contributed by atoms with Crippen LogP contribution >= 0.6 is 11.6 Å². The first-order valence-corrected chi connectivity index (χ1v) is 6.91. The van der Waals surface area contributed by atoms with E-state index < -0.39 is 0 Å². The van der Waals surface area contributed by atoms with E-state index in [1.54, 1.807) is 26.2 Å². The number of hydrogen-bond acceptors (Lipinski definition) is 2. The van der Waals surface area contributed by atoms with Crippen LogP contribution in [0.1, 0.15) is 5.56 Å². The van der Waals surface area contributed by atoms with Crippen molar-refractivity contribution in [2.24, 2.45) is 0 Å². The number of halogens is 2. The Labute approximate surface area is 128 Å². The molecular formula is C14H20ClFN3O2+. The summed E-state index contributed by atoms with van der Waals surface area (Å²) in [5.41, 5.74) is 0.387. The maximum Gasteiger partial charge on any atom is 0.277 e. The molecule has 1 atom stereocenters. The first-order chi connectivity index (χ1) is 9.85. The monoisotopic (exact) mass is 316 g/mol. The van der Waals surface area contributed by atoms with Gasteiger partial charge in [-0.2, -0.15) is 0 Å². The lowest BCUT2D eigenvalue weighted by Gasteiger charge is -2.19. The van der Waals surface area contributed by atoms with E-state index in [0.29, 0.717) is 17.1 Å². The molecule has 0 saturated carbocycles. The summed E-state index contributed by atoms with van der Waals surface area (Å²) in [7, 11) is 4.84. The summed E-state index contributed by atoms with van der Waals surface area (Å²) in [5, 5.41) is 2.80. The van der Waals surface area contributed by atoms with Crippen molar-refractivity contribution >= 4 is 23.4 Å². The van der Waals surface area contributed by atoms with Crippen molar-refractivity contribution < 1.29 is 18.9 Å². The van der Waals surface area contributed by atoms with Crippen LogP contribution < -0.4 is 10.2 Å². The smallest absolute Gasteiger partial charge is 0.277 e. The van der Waals surface area contributed by atoms with E-state index in [2.05, 4.69) is 5.32 Å². The highest BCUT2D eigenvalue weighted by atomic mass is 35.5. The molecule has 0 fully saturated rings. The summed E-state index contributed by atoms with van der Waals surface area (Å²) in [5.74, 6) is -0.808. The van der Waals surface area contributed by atoms with Crippen LogP contribution in [-0.4, -0.2) is 50.9 Å². The predicted octanol–water partition coefficient (Wildman–Crippen LogP) is -0.302. The molecule has 0 aliphatic heterocycles. The van der Waals surface area contributed by atoms with Crippen LogP contribution in [0, 0.1) is 5.82 Å². The van der Waals surface area contributed by atoms with Crippen LogP contribution in [0.4, 0.5) is 4.39 Å². The first kappa shape index (κ1) is 17.4. The van der Waals surface area contributed by atoms with Crippen molar-refractivity contribution in [2.75, 3.05) is 34.2 Å². The summed E-state index contributed by atoms with van der Waals surface area (Å²) in [6, 6.07) is 4.50. The standard InChI is InChI=1S/C14H19ClFN3O2/c1-17-13(20)8-19(3)14(21)9-18(2)7-10-11(15)5-4-6-12(10)16/h4-6H,7-9H2,1-3H3,(H,17,20)/p+1. The zero-order chi connectivity index (χ0) is 16.0. The van der Waals surface area contributed by atoms with E-state index in [9.17, 15) is 14.0 Å². The van der Waals surface area contributed by atoms with Gasteiger partial charge in [0.2, 0.25) is 5.91 Å². The van der Waals surface area contributed by atoms with Gasteiger partial charge in [0.15, 0.2) is 6.54 Å². The van der Waals surface area contributed by atoms with Crippen LogP contribution in [0.15, 0.2) is 18.2 Å². The van der Waals surface area contributed by atoms with Crippen molar-refractivity contribution in [3.63, 3.8) is 0 Å². The Kier molecular flexibility index (Phi) is 6.58. The van der Waals surface area contributed by atoms with Gasteiger partial charge >= 0.3 is 0 Å². The summed E-state index contributed by atoms with van der Waals surface area (Å²) in [6.45, 7) is 0.451. The number of likely N-dealkylation sites (N-methyl/N-ethyl adjacent to an activating group) is 3. The lowest BCUT2D eigenvalue weighted by Crippen LogP contribution is -3.09. The average molecular weight is 317 g/mol. The quantitative estimate of drug-likeness (QED) is 0.757. The summed E-state index contributed by atoms with van der Waals surface area (Å²) in [4.78, 5) is 25.3. The fraction of sp³-hybridized carbons (Fsp3) is 0.429. The van der Waals surface area contributed by atoms with E-state index in [1.807, 2.05) is 0 Å². The molecule has 2 amide bonds. The summed E-state index contributed by atoms with van der Waals surface area (Å²) in [6.07, 6.45) is 0. The minimum atomic E-state index is -0.381. The van der Waals surface area contributed by atoms with Crippen molar-refractivity contribution in [3.05, 3.63) is 34.6 Å². The van der Waals surface area contributed by atoms with Gasteiger partial charge in [-0.3, -0.25) is 9.59 Å². The number of carbonyl (C=O) groups is 2.